The molecule has 0 N–H and O–H groups in total. The van der Waals surface area contributed by atoms with Gasteiger partial charge in [0.15, 0.2) is 29.7 Å². The van der Waals surface area contributed by atoms with Gasteiger partial charge in [0.25, 0.3) is 0 Å². The van der Waals surface area contributed by atoms with Gasteiger partial charge in [0.05, 0.1) is 12.7 Å². The zero-order chi connectivity index (χ0) is 29.5. The van der Waals surface area contributed by atoms with Crippen molar-refractivity contribution in [2.45, 2.75) is 83.5 Å². The van der Waals surface area contributed by atoms with Gasteiger partial charge in [-0.2, -0.15) is 30.7 Å². The fourth-order valence-corrected chi connectivity index (χ4v) is 4.56. The molecule has 2 aromatic rings. The highest BCUT2D eigenvalue weighted by atomic mass is 19.3. The molecule has 3 rings (SSSR count). The lowest BCUT2D eigenvalue weighted by molar-refractivity contribution is -0.223. The van der Waals surface area contributed by atoms with Gasteiger partial charge in [0.2, 0.25) is 17.5 Å². The third-order valence-electron chi connectivity index (χ3n) is 6.67. The molecule has 1 fully saturated rings. The number of halogens is 8. The van der Waals surface area contributed by atoms with Crippen LogP contribution in [0.1, 0.15) is 70.8 Å². The lowest BCUT2D eigenvalue weighted by Gasteiger charge is -2.29. The standard InChI is InChI=1S/C28H32F8O4/c1-3-5-6-7-17-8-10-18(11-9-17)38-16-27(33,34)39-21-13-12-19(23(29)25(21)31)28(35,36)40-22-15-14-20(37-4-2)24(30)26(22)32/h12-15,17-18H,3-11,16H2,1-2H3. The van der Waals surface area contributed by atoms with Crippen molar-refractivity contribution in [1.29, 1.82) is 0 Å². The van der Waals surface area contributed by atoms with Crippen molar-refractivity contribution in [3.05, 3.63) is 53.1 Å². The summed E-state index contributed by atoms with van der Waals surface area (Å²) in [5, 5.41) is 0. The molecule has 0 saturated heterocycles. The van der Waals surface area contributed by atoms with Crippen LogP contribution in [0, 0.1) is 29.2 Å². The summed E-state index contributed by atoms with van der Waals surface area (Å²) in [7, 11) is 0. The van der Waals surface area contributed by atoms with Crippen molar-refractivity contribution in [1.82, 2.24) is 0 Å². The van der Waals surface area contributed by atoms with E-state index in [1.165, 1.54) is 6.92 Å². The summed E-state index contributed by atoms with van der Waals surface area (Å²) in [6, 6.07) is 2.02. The number of rotatable bonds is 14. The van der Waals surface area contributed by atoms with Gasteiger partial charge in [-0.1, -0.05) is 32.6 Å². The Morgan fingerprint density at radius 2 is 1.30 bits per heavy atom. The quantitative estimate of drug-likeness (QED) is 0.164. The van der Waals surface area contributed by atoms with E-state index in [4.69, 9.17) is 9.47 Å². The van der Waals surface area contributed by atoms with E-state index in [0.29, 0.717) is 30.9 Å². The summed E-state index contributed by atoms with van der Waals surface area (Å²) < 4.78 is 133. The summed E-state index contributed by atoms with van der Waals surface area (Å²) in [4.78, 5) is 0. The van der Waals surface area contributed by atoms with Crippen LogP contribution in [-0.4, -0.2) is 25.4 Å². The van der Waals surface area contributed by atoms with E-state index >= 15 is 0 Å². The molecule has 0 heterocycles. The zero-order valence-electron chi connectivity index (χ0n) is 22.2. The first kappa shape index (κ1) is 31.8. The summed E-state index contributed by atoms with van der Waals surface area (Å²) in [5.41, 5.74) is -1.75. The van der Waals surface area contributed by atoms with Crippen molar-refractivity contribution in [3.8, 4) is 17.2 Å². The number of ether oxygens (including phenoxy) is 4. The van der Waals surface area contributed by atoms with Gasteiger partial charge in [0, 0.05) is 0 Å². The molecule has 0 atom stereocenters. The number of alkyl halides is 4. The second-order valence-corrected chi connectivity index (χ2v) is 9.67. The van der Waals surface area contributed by atoms with Crippen molar-refractivity contribution in [3.63, 3.8) is 0 Å². The lowest BCUT2D eigenvalue weighted by Crippen LogP contribution is -2.35. The Hall–Kier alpha value is -2.76. The highest BCUT2D eigenvalue weighted by molar-refractivity contribution is 5.37. The Morgan fingerprint density at radius 3 is 1.95 bits per heavy atom. The van der Waals surface area contributed by atoms with Crippen molar-refractivity contribution < 1.29 is 54.1 Å². The molecule has 2 aromatic carbocycles. The molecular formula is C28H32F8O4. The van der Waals surface area contributed by atoms with Crippen molar-refractivity contribution in [2.75, 3.05) is 13.2 Å². The molecule has 1 aliphatic carbocycles. The second-order valence-electron chi connectivity index (χ2n) is 9.67. The molecule has 0 amide bonds. The predicted octanol–water partition coefficient (Wildman–Crippen LogP) is 8.90. The Labute approximate surface area is 227 Å². The van der Waals surface area contributed by atoms with Crippen LogP contribution in [0.2, 0.25) is 0 Å². The molecule has 0 unspecified atom stereocenters. The number of benzene rings is 2. The molecule has 1 saturated carbocycles. The minimum atomic E-state index is -4.72. The first-order chi connectivity index (χ1) is 18.9. The van der Waals surface area contributed by atoms with E-state index in [1.807, 2.05) is 0 Å². The van der Waals surface area contributed by atoms with Crippen LogP contribution in [0.15, 0.2) is 24.3 Å². The monoisotopic (exact) mass is 584 g/mol. The summed E-state index contributed by atoms with van der Waals surface area (Å²) >= 11 is 0. The average Bonchev–Trinajstić information content (AvgIpc) is 2.90. The highest BCUT2D eigenvalue weighted by Gasteiger charge is 2.42. The van der Waals surface area contributed by atoms with E-state index in [2.05, 4.69) is 16.4 Å². The normalized spacial score (nSPS) is 18.1. The molecule has 0 radical (unpaired) electrons. The van der Waals surface area contributed by atoms with Crippen molar-refractivity contribution >= 4 is 0 Å². The van der Waals surface area contributed by atoms with Crippen LogP contribution < -0.4 is 14.2 Å². The molecule has 0 aromatic heterocycles. The van der Waals surface area contributed by atoms with Gasteiger partial charge in [0.1, 0.15) is 5.56 Å². The van der Waals surface area contributed by atoms with Gasteiger partial charge in [-0.25, -0.2) is 4.39 Å². The van der Waals surface area contributed by atoms with E-state index in [1.54, 1.807) is 0 Å². The fraction of sp³-hybridized carbons (Fsp3) is 0.571. The Morgan fingerprint density at radius 1 is 0.725 bits per heavy atom. The van der Waals surface area contributed by atoms with Gasteiger partial charge >= 0.3 is 12.2 Å². The van der Waals surface area contributed by atoms with E-state index in [9.17, 15) is 35.1 Å². The largest absolute Gasteiger partial charge is 0.491 e. The first-order valence-corrected chi connectivity index (χ1v) is 13.2. The molecule has 224 valence electrons. The maximum atomic E-state index is 14.6. The molecule has 0 bridgehead atoms. The van der Waals surface area contributed by atoms with Crippen molar-refractivity contribution in [2.24, 2.45) is 5.92 Å². The predicted molar refractivity (Wildman–Crippen MR) is 130 cm³/mol. The van der Waals surface area contributed by atoms with E-state index in [0.717, 1.165) is 44.6 Å². The molecule has 0 aliphatic heterocycles. The average molecular weight is 585 g/mol. The van der Waals surface area contributed by atoms with E-state index in [-0.39, 0.29) is 12.7 Å². The summed E-state index contributed by atoms with van der Waals surface area (Å²) in [6.07, 6.45) is -1.95. The molecule has 4 nitrogen and oxygen atoms in total. The highest BCUT2D eigenvalue weighted by Crippen LogP contribution is 2.39. The van der Waals surface area contributed by atoms with Gasteiger partial charge < -0.3 is 18.9 Å². The second kappa shape index (κ2) is 13.7. The number of hydrogen-bond acceptors (Lipinski definition) is 4. The van der Waals surface area contributed by atoms with Crippen LogP contribution in [0.3, 0.4) is 0 Å². The maximum Gasteiger partial charge on any atom is 0.429 e. The molecule has 0 spiro atoms. The summed E-state index contributed by atoms with van der Waals surface area (Å²) in [6.45, 7) is 2.30. The van der Waals surface area contributed by atoms with Gasteiger partial charge in [-0.05, 0) is 62.8 Å². The SMILES string of the molecule is CCCCCC1CCC(OCC(F)(F)Oc2ccc(C(F)(F)Oc3ccc(OCC)c(F)c3F)c(F)c2F)CC1. The summed E-state index contributed by atoms with van der Waals surface area (Å²) in [5.74, 6) is -10.6. The van der Waals surface area contributed by atoms with E-state index < -0.39 is 71.0 Å². The minimum Gasteiger partial charge on any atom is -0.491 e. The fourth-order valence-electron chi connectivity index (χ4n) is 4.56. The Kier molecular flexibility index (Phi) is 10.9. The third kappa shape index (κ3) is 8.14. The van der Waals surface area contributed by atoms with Gasteiger partial charge in [-0.15, -0.1) is 0 Å². The maximum absolute atomic E-state index is 14.6. The smallest absolute Gasteiger partial charge is 0.429 e. The zero-order valence-corrected chi connectivity index (χ0v) is 22.2. The van der Waals surface area contributed by atoms with Crippen LogP contribution in [0.5, 0.6) is 17.2 Å². The molecule has 40 heavy (non-hydrogen) atoms. The Balaban J connectivity index is 1.62. The molecule has 1 aliphatic rings. The number of unbranched alkanes of at least 4 members (excludes halogenated alkanes) is 2. The molecular weight excluding hydrogens is 552 g/mol. The Bertz CT molecular complexity index is 1120. The van der Waals surface area contributed by atoms with Crippen LogP contribution in [0.25, 0.3) is 0 Å². The third-order valence-corrected chi connectivity index (χ3v) is 6.67. The molecule has 12 heteroatoms. The minimum absolute atomic E-state index is 0.0446. The number of hydrogen-bond donors (Lipinski definition) is 0. The van der Waals surface area contributed by atoms with Crippen LogP contribution in [0.4, 0.5) is 35.1 Å². The lowest BCUT2D eigenvalue weighted by atomic mass is 9.84. The van der Waals surface area contributed by atoms with Gasteiger partial charge in [-0.3, -0.25) is 0 Å². The topological polar surface area (TPSA) is 36.9 Å². The van der Waals surface area contributed by atoms with Crippen LogP contribution >= 0.6 is 0 Å². The van der Waals surface area contributed by atoms with Crippen LogP contribution in [-0.2, 0) is 10.8 Å². The first-order valence-electron chi connectivity index (χ1n) is 13.2.